The Hall–Kier alpha value is -1.47. The fraction of sp³-hybridized carbons (Fsp3) is 0.806. The van der Waals surface area contributed by atoms with Crippen molar-refractivity contribution in [3.8, 4) is 0 Å². The maximum absolute atomic E-state index is 12.4. The first-order valence-electron chi connectivity index (χ1n) is 17.4. The summed E-state index contributed by atoms with van der Waals surface area (Å²) < 4.78 is 0. The molecule has 1 amide bonds. The van der Waals surface area contributed by atoms with Crippen molar-refractivity contribution < 1.29 is 25.2 Å². The molecule has 0 aliphatic carbocycles. The number of rotatable bonds is 30. The van der Waals surface area contributed by atoms with Crippen molar-refractivity contribution in [2.24, 2.45) is 0 Å². The first kappa shape index (κ1) is 40.5. The van der Waals surface area contributed by atoms with Gasteiger partial charge < -0.3 is 25.7 Å². The monoisotopic (exact) mass is 594 g/mol. The van der Waals surface area contributed by atoms with E-state index in [2.05, 4.69) is 55.6 Å². The molecule has 0 aromatic heterocycles. The maximum atomic E-state index is 12.4. The van der Waals surface area contributed by atoms with Crippen molar-refractivity contribution in [3.63, 3.8) is 0 Å². The number of hydrogen-bond donors (Lipinski definition) is 5. The van der Waals surface area contributed by atoms with Gasteiger partial charge >= 0.3 is 0 Å². The van der Waals surface area contributed by atoms with Crippen LogP contribution in [0.3, 0.4) is 0 Å². The van der Waals surface area contributed by atoms with Gasteiger partial charge in [0.1, 0.15) is 12.2 Å². The Labute approximate surface area is 258 Å². The molecule has 6 heteroatoms. The minimum atomic E-state index is -1.28. The molecule has 0 aromatic rings. The van der Waals surface area contributed by atoms with E-state index in [0.717, 1.165) is 57.8 Å². The van der Waals surface area contributed by atoms with Gasteiger partial charge in [0.25, 0.3) is 0 Å². The number of carbonyl (C=O) groups is 1. The second-order valence-electron chi connectivity index (χ2n) is 11.9. The summed E-state index contributed by atoms with van der Waals surface area (Å²) in [7, 11) is 0. The van der Waals surface area contributed by atoms with Gasteiger partial charge in [0.15, 0.2) is 0 Å². The summed E-state index contributed by atoms with van der Waals surface area (Å²) in [6.45, 7) is 3.95. The molecule has 4 atom stereocenters. The predicted octanol–water partition coefficient (Wildman–Crippen LogP) is 7.84. The Balaban J connectivity index is 3.95. The van der Waals surface area contributed by atoms with Crippen molar-refractivity contribution in [3.05, 3.63) is 36.5 Å². The highest BCUT2D eigenvalue weighted by molar-refractivity contribution is 5.80. The summed E-state index contributed by atoms with van der Waals surface area (Å²) in [6, 6.07) is -1.01. The van der Waals surface area contributed by atoms with Crippen molar-refractivity contribution >= 4 is 5.91 Å². The van der Waals surface area contributed by atoms with E-state index in [1.54, 1.807) is 0 Å². The Morgan fingerprint density at radius 2 is 1.05 bits per heavy atom. The normalized spacial score (nSPS) is 15.1. The molecule has 0 saturated carbocycles. The van der Waals surface area contributed by atoms with Gasteiger partial charge in [-0.05, 0) is 64.2 Å². The zero-order valence-electron chi connectivity index (χ0n) is 27.2. The van der Waals surface area contributed by atoms with Crippen LogP contribution in [-0.2, 0) is 4.79 Å². The molecule has 0 heterocycles. The molecule has 0 aliphatic rings. The van der Waals surface area contributed by atoms with E-state index >= 15 is 0 Å². The Morgan fingerprint density at radius 3 is 1.62 bits per heavy atom. The van der Waals surface area contributed by atoms with Crippen LogP contribution < -0.4 is 5.32 Å². The van der Waals surface area contributed by atoms with Gasteiger partial charge in [0.2, 0.25) is 5.91 Å². The molecule has 0 saturated heterocycles. The molecule has 4 unspecified atom stereocenters. The fourth-order valence-corrected chi connectivity index (χ4v) is 4.98. The Kier molecular flexibility index (Phi) is 29.9. The van der Waals surface area contributed by atoms with Gasteiger partial charge in [-0.1, -0.05) is 127 Å². The summed E-state index contributed by atoms with van der Waals surface area (Å²) in [5.74, 6) is -0.610. The number of aliphatic hydroxyl groups excluding tert-OH is 4. The topological polar surface area (TPSA) is 110 Å². The number of allylic oxidation sites excluding steroid dienone is 6. The van der Waals surface area contributed by atoms with E-state index in [1.165, 1.54) is 64.2 Å². The van der Waals surface area contributed by atoms with Crippen LogP contribution in [0.2, 0.25) is 0 Å². The Bertz CT molecular complexity index is 678. The third kappa shape index (κ3) is 25.1. The summed E-state index contributed by atoms with van der Waals surface area (Å²) in [6.07, 6.45) is 33.0. The van der Waals surface area contributed by atoms with Crippen LogP contribution in [0, 0.1) is 0 Å². The number of amides is 1. The molecule has 6 nitrogen and oxygen atoms in total. The summed E-state index contributed by atoms with van der Waals surface area (Å²) >= 11 is 0. The summed E-state index contributed by atoms with van der Waals surface area (Å²) in [4.78, 5) is 12.4. The molecular weight excluding hydrogens is 526 g/mol. The number of carbonyl (C=O) groups excluding carboxylic acids is 1. The average molecular weight is 594 g/mol. The lowest BCUT2D eigenvalue weighted by Crippen LogP contribution is -2.53. The van der Waals surface area contributed by atoms with Crippen molar-refractivity contribution in [2.45, 2.75) is 179 Å². The second kappa shape index (κ2) is 31.0. The first-order valence-corrected chi connectivity index (χ1v) is 17.4. The lowest BCUT2D eigenvalue weighted by atomic mass is 10.00. The predicted molar refractivity (Wildman–Crippen MR) is 177 cm³/mol. The van der Waals surface area contributed by atoms with Crippen molar-refractivity contribution in [1.29, 1.82) is 0 Å². The van der Waals surface area contributed by atoms with Crippen LogP contribution in [0.4, 0.5) is 0 Å². The summed E-state index contributed by atoms with van der Waals surface area (Å²) in [5.41, 5.74) is 0. The van der Waals surface area contributed by atoms with Crippen LogP contribution in [0.15, 0.2) is 36.5 Å². The third-order valence-electron chi connectivity index (χ3n) is 7.85. The molecule has 0 radical (unpaired) electrons. The van der Waals surface area contributed by atoms with E-state index in [9.17, 15) is 25.2 Å². The molecule has 42 heavy (non-hydrogen) atoms. The molecule has 246 valence electrons. The van der Waals surface area contributed by atoms with Gasteiger partial charge in [0.05, 0.1) is 18.8 Å². The van der Waals surface area contributed by atoms with Crippen molar-refractivity contribution in [1.82, 2.24) is 5.32 Å². The van der Waals surface area contributed by atoms with E-state index in [4.69, 9.17) is 0 Å². The lowest BCUT2D eigenvalue weighted by Gasteiger charge is -2.27. The zero-order chi connectivity index (χ0) is 31.1. The van der Waals surface area contributed by atoms with Crippen LogP contribution in [0.25, 0.3) is 0 Å². The molecule has 0 fully saturated rings. The number of aliphatic hydroxyl groups is 4. The molecule has 0 bridgehead atoms. The molecular formula is C36H67NO5. The third-order valence-corrected chi connectivity index (χ3v) is 7.85. The minimum Gasteiger partial charge on any atom is -0.394 e. The first-order chi connectivity index (χ1) is 20.5. The molecule has 0 spiro atoms. The highest BCUT2D eigenvalue weighted by Gasteiger charge is 2.28. The van der Waals surface area contributed by atoms with Gasteiger partial charge in [-0.3, -0.25) is 4.79 Å². The smallest absolute Gasteiger partial charge is 0.249 e. The Morgan fingerprint density at radius 1 is 0.595 bits per heavy atom. The van der Waals surface area contributed by atoms with Crippen LogP contribution in [0.1, 0.15) is 155 Å². The standard InChI is InChI=1S/C36H67NO5/c1-3-5-7-9-11-13-15-17-18-20-22-24-26-28-30-34(40)36(42)37-32(31-38)35(41)33(39)29-27-25-23-21-19-16-14-12-10-8-6-4-2/h11,13,15,17,21,23,32-35,38-41H,3-10,12,14,16,18-20,22,24-31H2,1-2H3,(H,37,42)/b13-11-,17-15-,23-21+. The fourth-order valence-electron chi connectivity index (χ4n) is 4.98. The molecule has 0 aliphatic heterocycles. The van der Waals surface area contributed by atoms with Gasteiger partial charge in [0, 0.05) is 0 Å². The highest BCUT2D eigenvalue weighted by atomic mass is 16.3. The number of nitrogens with one attached hydrogen (secondary N) is 1. The minimum absolute atomic E-state index is 0.344. The highest BCUT2D eigenvalue weighted by Crippen LogP contribution is 2.13. The van der Waals surface area contributed by atoms with Gasteiger partial charge in [-0.2, -0.15) is 0 Å². The maximum Gasteiger partial charge on any atom is 0.249 e. The van der Waals surface area contributed by atoms with Crippen molar-refractivity contribution in [2.75, 3.05) is 6.61 Å². The average Bonchev–Trinajstić information content (AvgIpc) is 2.99. The van der Waals surface area contributed by atoms with E-state index in [-0.39, 0.29) is 0 Å². The van der Waals surface area contributed by atoms with E-state index in [1.807, 2.05) is 0 Å². The zero-order valence-corrected chi connectivity index (χ0v) is 27.2. The second-order valence-corrected chi connectivity index (χ2v) is 11.9. The largest absolute Gasteiger partial charge is 0.394 e. The molecule has 0 rings (SSSR count). The summed E-state index contributed by atoms with van der Waals surface area (Å²) in [5, 5.41) is 43.3. The van der Waals surface area contributed by atoms with Crippen LogP contribution in [0.5, 0.6) is 0 Å². The quantitative estimate of drug-likeness (QED) is 0.0331. The van der Waals surface area contributed by atoms with Gasteiger partial charge in [-0.15, -0.1) is 0 Å². The van der Waals surface area contributed by atoms with Crippen LogP contribution >= 0.6 is 0 Å². The number of hydrogen-bond acceptors (Lipinski definition) is 5. The van der Waals surface area contributed by atoms with E-state index < -0.39 is 36.9 Å². The van der Waals surface area contributed by atoms with E-state index in [0.29, 0.717) is 19.3 Å². The van der Waals surface area contributed by atoms with Crippen LogP contribution in [-0.4, -0.2) is 57.3 Å². The lowest BCUT2D eigenvalue weighted by molar-refractivity contribution is -0.132. The SMILES string of the molecule is CCCCC/C=C\C=C/CCCCCCCC(O)C(=O)NC(CO)C(O)C(O)CCC/C=C/CCCCCCCCC. The number of unbranched alkanes of at least 4 members (excludes halogenated alkanes) is 16. The molecule has 5 N–H and O–H groups in total. The van der Waals surface area contributed by atoms with Gasteiger partial charge in [-0.25, -0.2) is 0 Å². The molecule has 0 aromatic carbocycles.